The molecule has 0 unspecified atom stereocenters. The van der Waals surface area contributed by atoms with Gasteiger partial charge >= 0.3 is 0 Å². The summed E-state index contributed by atoms with van der Waals surface area (Å²) in [7, 11) is 5.84. The van der Waals surface area contributed by atoms with E-state index in [-0.39, 0.29) is 0 Å². The molecule has 1 aromatic rings. The first-order chi connectivity index (χ1) is 8.56. The van der Waals surface area contributed by atoms with Gasteiger partial charge in [0.2, 0.25) is 5.95 Å². The van der Waals surface area contributed by atoms with Crippen LogP contribution in [0.15, 0.2) is 40.6 Å². The highest BCUT2D eigenvalue weighted by atomic mass is 15.4. The molecule has 18 heavy (non-hydrogen) atoms. The second-order valence-corrected chi connectivity index (χ2v) is 4.37. The summed E-state index contributed by atoms with van der Waals surface area (Å²) in [5, 5.41) is 4.16. The van der Waals surface area contributed by atoms with Crippen molar-refractivity contribution < 1.29 is 0 Å². The largest absolute Gasteiger partial charge is 0.383 e. The van der Waals surface area contributed by atoms with Crippen LogP contribution in [0, 0.1) is 6.92 Å². The van der Waals surface area contributed by atoms with Crippen LogP contribution in [0.25, 0.3) is 0 Å². The number of aromatic nitrogens is 3. The van der Waals surface area contributed by atoms with Crippen molar-refractivity contribution in [3.63, 3.8) is 0 Å². The molecule has 0 saturated carbocycles. The van der Waals surface area contributed by atoms with Crippen LogP contribution in [0.2, 0.25) is 0 Å². The molecule has 1 heterocycles. The molecule has 0 fully saturated rings. The van der Waals surface area contributed by atoms with Crippen LogP contribution in [0.5, 0.6) is 0 Å². The van der Waals surface area contributed by atoms with Crippen molar-refractivity contribution in [2.24, 2.45) is 12.0 Å². The Morgan fingerprint density at radius 3 is 2.78 bits per heavy atom. The summed E-state index contributed by atoms with van der Waals surface area (Å²) < 4.78 is 1.67. The Morgan fingerprint density at radius 1 is 1.39 bits per heavy atom. The van der Waals surface area contributed by atoms with E-state index in [1.165, 1.54) is 0 Å². The number of hydrogen-bond acceptors (Lipinski definition) is 4. The number of aliphatic imine (C=N–C) groups is 1. The molecule has 5 nitrogen and oxygen atoms in total. The lowest BCUT2D eigenvalue weighted by Gasteiger charge is -2.06. The number of nitrogens with zero attached hydrogens (tertiary/aromatic N) is 5. The fourth-order valence-corrected chi connectivity index (χ4v) is 1.70. The summed E-state index contributed by atoms with van der Waals surface area (Å²) >= 11 is 0. The van der Waals surface area contributed by atoms with E-state index in [0.717, 1.165) is 17.0 Å². The molecule has 0 bridgehead atoms. The summed E-state index contributed by atoms with van der Waals surface area (Å²) in [6.45, 7) is 1.85. The van der Waals surface area contributed by atoms with Crippen molar-refractivity contribution in [1.82, 2.24) is 19.7 Å². The summed E-state index contributed by atoms with van der Waals surface area (Å²) in [6, 6.07) is 0. The lowest BCUT2D eigenvalue weighted by atomic mass is 10.1. The molecule has 94 valence electrons. The maximum Gasteiger partial charge on any atom is 0.247 e. The van der Waals surface area contributed by atoms with Crippen LogP contribution < -0.4 is 0 Å². The van der Waals surface area contributed by atoms with E-state index in [4.69, 9.17) is 0 Å². The van der Waals surface area contributed by atoms with Crippen LogP contribution in [0.1, 0.15) is 5.82 Å². The molecule has 0 amide bonds. The summed E-state index contributed by atoms with van der Waals surface area (Å²) in [5.74, 6) is 1.34. The smallest absolute Gasteiger partial charge is 0.247 e. The van der Waals surface area contributed by atoms with E-state index in [1.807, 2.05) is 51.3 Å². The van der Waals surface area contributed by atoms with E-state index in [1.54, 1.807) is 4.68 Å². The zero-order valence-electron chi connectivity index (χ0n) is 11.1. The number of aryl methyl sites for hydroxylation is 2. The van der Waals surface area contributed by atoms with Gasteiger partial charge in [-0.1, -0.05) is 18.2 Å². The third kappa shape index (κ3) is 2.74. The quantitative estimate of drug-likeness (QED) is 0.760. The standard InChI is InChI=1S/C13H17N5/c1-10-15-13(18(4)16-10)14-8-11-6-5-7-12(11)9-17(2)3/h5-9H,1-4H3/b12-9+,14-8+. The van der Waals surface area contributed by atoms with Gasteiger partial charge < -0.3 is 4.90 Å². The first kappa shape index (κ1) is 12.3. The highest BCUT2D eigenvalue weighted by Gasteiger charge is 2.06. The third-order valence-electron chi connectivity index (χ3n) is 2.45. The predicted molar refractivity (Wildman–Crippen MR) is 72.9 cm³/mol. The SMILES string of the molecule is Cc1nc(/N=C/C2=CC=C/C2=C\N(C)C)n(C)n1. The summed E-state index contributed by atoms with van der Waals surface area (Å²) in [5.41, 5.74) is 2.21. The van der Waals surface area contributed by atoms with E-state index >= 15 is 0 Å². The lowest BCUT2D eigenvalue weighted by Crippen LogP contribution is -2.03. The Hall–Kier alpha value is -2.17. The molecule has 5 heteroatoms. The second kappa shape index (κ2) is 5.00. The maximum atomic E-state index is 4.36. The van der Waals surface area contributed by atoms with Crippen LogP contribution in [-0.2, 0) is 7.05 Å². The van der Waals surface area contributed by atoms with Crippen molar-refractivity contribution in [2.45, 2.75) is 6.92 Å². The average Bonchev–Trinajstić information content (AvgIpc) is 2.82. The molecule has 0 radical (unpaired) electrons. The van der Waals surface area contributed by atoms with Crippen molar-refractivity contribution in [3.05, 3.63) is 41.4 Å². The normalized spacial score (nSPS) is 16.9. The predicted octanol–water partition coefficient (Wildman–Crippen LogP) is 1.77. The molecule has 0 saturated heterocycles. The van der Waals surface area contributed by atoms with Gasteiger partial charge in [0.25, 0.3) is 0 Å². The first-order valence-corrected chi connectivity index (χ1v) is 5.75. The number of rotatable bonds is 3. The minimum absolute atomic E-state index is 0.615. The molecule has 0 aliphatic heterocycles. The fraction of sp³-hybridized carbons (Fsp3) is 0.308. The second-order valence-electron chi connectivity index (χ2n) is 4.37. The van der Waals surface area contributed by atoms with Crippen molar-refractivity contribution in [1.29, 1.82) is 0 Å². The molecule has 2 rings (SSSR count). The molecule has 1 aliphatic rings. The highest BCUT2D eigenvalue weighted by Crippen LogP contribution is 2.18. The van der Waals surface area contributed by atoms with Gasteiger partial charge in [-0.2, -0.15) is 10.1 Å². The van der Waals surface area contributed by atoms with Crippen molar-refractivity contribution in [3.8, 4) is 0 Å². The third-order valence-corrected chi connectivity index (χ3v) is 2.45. The number of hydrogen-bond donors (Lipinski definition) is 0. The van der Waals surface area contributed by atoms with Crippen LogP contribution in [-0.4, -0.2) is 40.0 Å². The minimum atomic E-state index is 0.615. The molecular weight excluding hydrogens is 226 g/mol. The van der Waals surface area contributed by atoms with E-state index in [0.29, 0.717) is 5.95 Å². The molecule has 1 aromatic heterocycles. The van der Waals surface area contributed by atoms with Gasteiger partial charge in [-0.25, -0.2) is 9.67 Å². The molecular formula is C13H17N5. The molecule has 0 aromatic carbocycles. The zero-order valence-corrected chi connectivity index (χ0v) is 11.1. The number of allylic oxidation sites excluding steroid dienone is 5. The van der Waals surface area contributed by atoms with Crippen molar-refractivity contribution >= 4 is 12.2 Å². The van der Waals surface area contributed by atoms with Gasteiger partial charge in [0.15, 0.2) is 0 Å². The first-order valence-electron chi connectivity index (χ1n) is 5.75. The average molecular weight is 243 g/mol. The lowest BCUT2D eigenvalue weighted by molar-refractivity contribution is 0.561. The Labute approximate surface area is 107 Å². The zero-order chi connectivity index (χ0) is 13.1. The topological polar surface area (TPSA) is 46.3 Å². The van der Waals surface area contributed by atoms with Gasteiger partial charge in [0, 0.05) is 39.1 Å². The van der Waals surface area contributed by atoms with Crippen LogP contribution in [0.3, 0.4) is 0 Å². The molecule has 0 spiro atoms. The molecule has 1 aliphatic carbocycles. The van der Waals surface area contributed by atoms with Gasteiger partial charge in [-0.15, -0.1) is 0 Å². The summed E-state index contributed by atoms with van der Waals surface area (Å²) in [4.78, 5) is 10.6. The van der Waals surface area contributed by atoms with Crippen LogP contribution in [0.4, 0.5) is 5.95 Å². The van der Waals surface area contributed by atoms with Gasteiger partial charge in [-0.05, 0) is 12.5 Å². The Balaban J connectivity index is 2.18. The highest BCUT2D eigenvalue weighted by molar-refractivity contribution is 5.89. The van der Waals surface area contributed by atoms with Gasteiger partial charge in [0.05, 0.1) is 0 Å². The van der Waals surface area contributed by atoms with Gasteiger partial charge in [0.1, 0.15) is 5.82 Å². The summed E-state index contributed by atoms with van der Waals surface area (Å²) in [6.07, 6.45) is 9.98. The Bertz CT molecular complexity index is 558. The monoisotopic (exact) mass is 243 g/mol. The maximum absolute atomic E-state index is 4.36. The minimum Gasteiger partial charge on any atom is -0.383 e. The Morgan fingerprint density at radius 2 is 2.17 bits per heavy atom. The molecule has 0 N–H and O–H groups in total. The fourth-order valence-electron chi connectivity index (χ4n) is 1.70. The molecule has 0 atom stereocenters. The van der Waals surface area contributed by atoms with E-state index < -0.39 is 0 Å². The Kier molecular flexibility index (Phi) is 3.41. The van der Waals surface area contributed by atoms with Crippen molar-refractivity contribution in [2.75, 3.05) is 14.1 Å². The van der Waals surface area contributed by atoms with E-state index in [9.17, 15) is 0 Å². The van der Waals surface area contributed by atoms with Gasteiger partial charge in [-0.3, -0.25) is 0 Å². The van der Waals surface area contributed by atoms with Crippen LogP contribution >= 0.6 is 0 Å². The van der Waals surface area contributed by atoms with E-state index in [2.05, 4.69) is 27.4 Å².